The van der Waals surface area contributed by atoms with Gasteiger partial charge in [0.05, 0.1) is 20.3 Å². The van der Waals surface area contributed by atoms with E-state index in [1.807, 2.05) is 26.0 Å². The molecule has 2 N–H and O–H groups in total. The summed E-state index contributed by atoms with van der Waals surface area (Å²) in [5.41, 5.74) is 1.17. The molecule has 0 spiro atoms. The van der Waals surface area contributed by atoms with E-state index in [1.165, 1.54) is 12.7 Å². The lowest BCUT2D eigenvalue weighted by atomic mass is 10.1. The zero-order chi connectivity index (χ0) is 19.9. The summed E-state index contributed by atoms with van der Waals surface area (Å²) in [7, 11) is 3.15. The van der Waals surface area contributed by atoms with E-state index < -0.39 is 0 Å². The standard InChI is InChI=1S/C20H33N3O4.HI/c1-5-26-17-11-10-16(15-18(17)27-6-2)12-14-23-20(21-3)22-13-8-7-9-19(24)25-4;/h10-11,15H,5-9,12-14H2,1-4H3,(H2,21,22,23);1H. The number of hydrogen-bond donors (Lipinski definition) is 2. The maximum Gasteiger partial charge on any atom is 0.305 e. The van der Waals surface area contributed by atoms with Gasteiger partial charge in [-0.15, -0.1) is 24.0 Å². The fourth-order valence-electron chi connectivity index (χ4n) is 2.50. The molecule has 0 unspecified atom stereocenters. The number of aliphatic imine (C=N–C) groups is 1. The van der Waals surface area contributed by atoms with Crippen molar-refractivity contribution in [3.63, 3.8) is 0 Å². The average Bonchev–Trinajstić information content (AvgIpc) is 2.68. The average molecular weight is 507 g/mol. The number of ether oxygens (including phenoxy) is 3. The number of esters is 1. The second kappa shape index (κ2) is 16.3. The van der Waals surface area contributed by atoms with Gasteiger partial charge >= 0.3 is 5.97 Å². The summed E-state index contributed by atoms with van der Waals surface area (Å²) in [6, 6.07) is 6.04. The van der Waals surface area contributed by atoms with Crippen LogP contribution in [-0.4, -0.2) is 52.4 Å². The van der Waals surface area contributed by atoms with E-state index in [9.17, 15) is 4.79 Å². The first kappa shape index (κ1) is 26.3. The first-order valence-corrected chi connectivity index (χ1v) is 9.54. The maximum absolute atomic E-state index is 11.1. The molecule has 0 aliphatic carbocycles. The number of benzene rings is 1. The topological polar surface area (TPSA) is 81.2 Å². The molecule has 0 bridgehead atoms. The summed E-state index contributed by atoms with van der Waals surface area (Å²) in [5, 5.41) is 6.54. The summed E-state index contributed by atoms with van der Waals surface area (Å²) in [5.74, 6) is 2.15. The zero-order valence-electron chi connectivity index (χ0n) is 17.4. The lowest BCUT2D eigenvalue weighted by Gasteiger charge is -2.14. The highest BCUT2D eigenvalue weighted by Gasteiger charge is 2.06. The maximum atomic E-state index is 11.1. The minimum atomic E-state index is -0.167. The first-order valence-electron chi connectivity index (χ1n) is 9.54. The Balaban J connectivity index is 0.00000729. The number of methoxy groups -OCH3 is 1. The van der Waals surface area contributed by atoms with Gasteiger partial charge in [-0.2, -0.15) is 0 Å². The predicted molar refractivity (Wildman–Crippen MR) is 123 cm³/mol. The molecule has 1 aromatic rings. The summed E-state index contributed by atoms with van der Waals surface area (Å²) >= 11 is 0. The van der Waals surface area contributed by atoms with E-state index in [-0.39, 0.29) is 29.9 Å². The number of carbonyl (C=O) groups is 1. The van der Waals surface area contributed by atoms with Crippen molar-refractivity contribution in [3.8, 4) is 11.5 Å². The number of rotatable bonds is 12. The van der Waals surface area contributed by atoms with Crippen molar-refractivity contribution < 1.29 is 19.0 Å². The Hall–Kier alpha value is -1.71. The van der Waals surface area contributed by atoms with E-state index in [4.69, 9.17) is 9.47 Å². The molecule has 7 nitrogen and oxygen atoms in total. The highest BCUT2D eigenvalue weighted by Crippen LogP contribution is 2.28. The van der Waals surface area contributed by atoms with Crippen LogP contribution in [0.15, 0.2) is 23.2 Å². The quantitative estimate of drug-likeness (QED) is 0.149. The van der Waals surface area contributed by atoms with Gasteiger partial charge in [-0.1, -0.05) is 6.07 Å². The molecule has 0 amide bonds. The van der Waals surface area contributed by atoms with Crippen molar-refractivity contribution in [2.24, 2.45) is 4.99 Å². The number of carbonyl (C=O) groups excluding carboxylic acids is 1. The minimum Gasteiger partial charge on any atom is -0.490 e. The molecule has 0 radical (unpaired) electrons. The van der Waals surface area contributed by atoms with Crippen LogP contribution in [0.4, 0.5) is 0 Å². The third-order valence-electron chi connectivity index (χ3n) is 3.87. The smallest absolute Gasteiger partial charge is 0.305 e. The van der Waals surface area contributed by atoms with Gasteiger partial charge in [0, 0.05) is 26.6 Å². The van der Waals surface area contributed by atoms with E-state index in [1.54, 1.807) is 7.05 Å². The molecule has 0 aromatic heterocycles. The van der Waals surface area contributed by atoms with Gasteiger partial charge in [0.1, 0.15) is 0 Å². The molecule has 1 rings (SSSR count). The second-order valence-electron chi connectivity index (χ2n) is 5.86. The molecule has 160 valence electrons. The lowest BCUT2D eigenvalue weighted by molar-refractivity contribution is -0.140. The SMILES string of the molecule is CCOc1ccc(CCNC(=NC)NCCCCC(=O)OC)cc1OCC.I. The number of nitrogens with zero attached hydrogens (tertiary/aromatic N) is 1. The summed E-state index contributed by atoms with van der Waals surface area (Å²) < 4.78 is 15.9. The van der Waals surface area contributed by atoms with E-state index in [2.05, 4.69) is 26.4 Å². The zero-order valence-corrected chi connectivity index (χ0v) is 19.7. The van der Waals surface area contributed by atoms with Crippen molar-refractivity contribution in [1.82, 2.24) is 10.6 Å². The van der Waals surface area contributed by atoms with Gasteiger partial charge in [-0.25, -0.2) is 0 Å². The Bertz CT molecular complexity index is 597. The molecule has 28 heavy (non-hydrogen) atoms. The van der Waals surface area contributed by atoms with Gasteiger partial charge in [0.15, 0.2) is 17.5 Å². The molecular weight excluding hydrogens is 473 g/mol. The van der Waals surface area contributed by atoms with Crippen LogP contribution in [-0.2, 0) is 16.0 Å². The molecule has 0 heterocycles. The highest BCUT2D eigenvalue weighted by atomic mass is 127. The Morgan fingerprint density at radius 3 is 2.36 bits per heavy atom. The molecule has 0 saturated carbocycles. The van der Waals surface area contributed by atoms with Crippen molar-refractivity contribution in [3.05, 3.63) is 23.8 Å². The number of unbranched alkanes of at least 4 members (excludes halogenated alkanes) is 1. The van der Waals surface area contributed by atoms with E-state index in [0.29, 0.717) is 19.6 Å². The number of nitrogens with one attached hydrogen (secondary N) is 2. The van der Waals surface area contributed by atoms with Crippen LogP contribution < -0.4 is 20.1 Å². The Morgan fingerprint density at radius 1 is 1.04 bits per heavy atom. The number of guanidine groups is 1. The third-order valence-corrected chi connectivity index (χ3v) is 3.87. The van der Waals surface area contributed by atoms with E-state index in [0.717, 1.165) is 49.8 Å². The van der Waals surface area contributed by atoms with Crippen molar-refractivity contribution in [2.45, 2.75) is 39.5 Å². The van der Waals surface area contributed by atoms with E-state index >= 15 is 0 Å². The van der Waals surface area contributed by atoms with Crippen molar-refractivity contribution in [1.29, 1.82) is 0 Å². The van der Waals surface area contributed by atoms with Crippen LogP contribution in [0.3, 0.4) is 0 Å². The van der Waals surface area contributed by atoms with Crippen molar-refractivity contribution >= 4 is 35.9 Å². The van der Waals surface area contributed by atoms with Crippen LogP contribution in [0, 0.1) is 0 Å². The number of halogens is 1. The Labute approximate surface area is 185 Å². The Kier molecular flexibility index (Phi) is 15.3. The monoisotopic (exact) mass is 507 g/mol. The molecule has 0 fully saturated rings. The van der Waals surface area contributed by atoms with Gasteiger partial charge in [0.2, 0.25) is 0 Å². The molecule has 0 saturated heterocycles. The first-order chi connectivity index (χ1) is 13.1. The summed E-state index contributed by atoms with van der Waals surface area (Å²) in [4.78, 5) is 15.3. The number of hydrogen-bond acceptors (Lipinski definition) is 5. The fraction of sp³-hybridized carbons (Fsp3) is 0.600. The molecule has 8 heteroatoms. The fourth-order valence-corrected chi connectivity index (χ4v) is 2.50. The molecule has 0 atom stereocenters. The van der Waals surface area contributed by atoms with Crippen LogP contribution in [0.1, 0.15) is 38.7 Å². The van der Waals surface area contributed by atoms with Crippen LogP contribution in [0.25, 0.3) is 0 Å². The van der Waals surface area contributed by atoms with Gasteiger partial charge < -0.3 is 24.8 Å². The third kappa shape index (κ3) is 10.6. The molecule has 0 aliphatic heterocycles. The van der Waals surface area contributed by atoms with Gasteiger partial charge in [0.25, 0.3) is 0 Å². The summed E-state index contributed by atoms with van der Waals surface area (Å²) in [6.45, 7) is 6.65. The Morgan fingerprint density at radius 2 is 1.71 bits per heavy atom. The lowest BCUT2D eigenvalue weighted by Crippen LogP contribution is -2.38. The normalized spacial score (nSPS) is 10.6. The molecular formula is C20H34IN3O4. The second-order valence-corrected chi connectivity index (χ2v) is 5.86. The van der Waals surface area contributed by atoms with Crippen LogP contribution in [0.5, 0.6) is 11.5 Å². The highest BCUT2D eigenvalue weighted by molar-refractivity contribution is 14.0. The van der Waals surface area contributed by atoms with Crippen LogP contribution in [0.2, 0.25) is 0 Å². The largest absolute Gasteiger partial charge is 0.490 e. The predicted octanol–water partition coefficient (Wildman–Crippen LogP) is 3.15. The molecule has 1 aromatic carbocycles. The molecule has 0 aliphatic rings. The van der Waals surface area contributed by atoms with Gasteiger partial charge in [-0.05, 0) is 50.8 Å². The van der Waals surface area contributed by atoms with Gasteiger partial charge in [-0.3, -0.25) is 9.79 Å². The minimum absolute atomic E-state index is 0. The summed E-state index contributed by atoms with van der Waals surface area (Å²) in [6.07, 6.45) is 2.97. The van der Waals surface area contributed by atoms with Crippen LogP contribution >= 0.6 is 24.0 Å². The van der Waals surface area contributed by atoms with Crippen molar-refractivity contribution in [2.75, 3.05) is 40.5 Å².